The molecule has 2 aromatic carbocycles. The van der Waals surface area contributed by atoms with E-state index in [-0.39, 0.29) is 12.4 Å². The highest BCUT2D eigenvalue weighted by molar-refractivity contribution is 5.85. The average Bonchev–Trinajstić information content (AvgIpc) is 2.50. The van der Waals surface area contributed by atoms with Crippen LogP contribution in [0.2, 0.25) is 0 Å². The van der Waals surface area contributed by atoms with Crippen LogP contribution in [0.3, 0.4) is 0 Å². The van der Waals surface area contributed by atoms with Crippen molar-refractivity contribution < 1.29 is 0 Å². The fraction of sp³-hybridized carbons (Fsp3) is 0.158. The quantitative estimate of drug-likeness (QED) is 0.716. The summed E-state index contributed by atoms with van der Waals surface area (Å²) in [6.07, 6.45) is 0. The van der Waals surface area contributed by atoms with E-state index in [1.807, 2.05) is 25.1 Å². The molecule has 0 aliphatic carbocycles. The molecule has 0 spiro atoms. The van der Waals surface area contributed by atoms with Crippen molar-refractivity contribution in [3.05, 3.63) is 71.5 Å². The first kappa shape index (κ1) is 17.0. The number of para-hydroxylation sites is 1. The Morgan fingerprint density at radius 1 is 0.826 bits per heavy atom. The Bertz CT molecular complexity index is 798. The molecule has 0 saturated carbocycles. The summed E-state index contributed by atoms with van der Waals surface area (Å²) < 4.78 is 0. The van der Waals surface area contributed by atoms with Crippen LogP contribution in [-0.2, 0) is 0 Å². The minimum absolute atomic E-state index is 0. The molecule has 0 saturated heterocycles. The molecule has 0 bridgehead atoms. The number of rotatable bonds is 3. The van der Waals surface area contributed by atoms with Crippen molar-refractivity contribution in [2.75, 3.05) is 5.32 Å². The lowest BCUT2D eigenvalue weighted by molar-refractivity contribution is 1.06. The van der Waals surface area contributed by atoms with Crippen molar-refractivity contribution in [3.8, 4) is 11.3 Å². The third kappa shape index (κ3) is 4.08. The summed E-state index contributed by atoms with van der Waals surface area (Å²) in [5, 5.41) is 3.38. The molecule has 3 aromatic rings. The minimum atomic E-state index is 0. The van der Waals surface area contributed by atoms with Crippen molar-refractivity contribution >= 4 is 23.9 Å². The number of anilines is 2. The predicted octanol–water partition coefficient (Wildman–Crippen LogP) is 5.23. The standard InChI is InChI=1S/C19H19N3.ClH/c1-13-8-10-16(11-9-13)18-12-19(21-15(3)20-18)22-17-7-5-4-6-14(17)2;/h4-12H,1-3H3,(H,20,21,22);1H. The summed E-state index contributed by atoms with van der Waals surface area (Å²) in [6.45, 7) is 6.08. The summed E-state index contributed by atoms with van der Waals surface area (Å²) >= 11 is 0. The Morgan fingerprint density at radius 2 is 1.52 bits per heavy atom. The maximum absolute atomic E-state index is 4.55. The van der Waals surface area contributed by atoms with Gasteiger partial charge in [-0.1, -0.05) is 48.0 Å². The van der Waals surface area contributed by atoms with Gasteiger partial charge in [-0.15, -0.1) is 12.4 Å². The second kappa shape index (κ2) is 7.25. The molecule has 3 rings (SSSR count). The highest BCUT2D eigenvalue weighted by Crippen LogP contribution is 2.23. The first-order chi connectivity index (χ1) is 10.6. The predicted molar refractivity (Wildman–Crippen MR) is 98.7 cm³/mol. The number of halogens is 1. The average molecular weight is 326 g/mol. The van der Waals surface area contributed by atoms with Gasteiger partial charge in [-0.2, -0.15) is 0 Å². The highest BCUT2D eigenvalue weighted by atomic mass is 35.5. The Labute approximate surface area is 143 Å². The third-order valence-corrected chi connectivity index (χ3v) is 3.59. The van der Waals surface area contributed by atoms with E-state index < -0.39 is 0 Å². The summed E-state index contributed by atoms with van der Waals surface area (Å²) in [5.74, 6) is 1.58. The van der Waals surface area contributed by atoms with Crippen LogP contribution in [0, 0.1) is 20.8 Å². The smallest absolute Gasteiger partial charge is 0.134 e. The number of nitrogens with one attached hydrogen (secondary N) is 1. The van der Waals surface area contributed by atoms with Gasteiger partial charge in [-0.05, 0) is 32.4 Å². The molecule has 4 heteroatoms. The van der Waals surface area contributed by atoms with Crippen molar-refractivity contribution in [1.29, 1.82) is 0 Å². The van der Waals surface area contributed by atoms with Gasteiger partial charge in [-0.25, -0.2) is 9.97 Å². The van der Waals surface area contributed by atoms with E-state index in [9.17, 15) is 0 Å². The van der Waals surface area contributed by atoms with Crippen LogP contribution in [0.1, 0.15) is 17.0 Å². The molecule has 0 radical (unpaired) electrons. The molecule has 118 valence electrons. The van der Waals surface area contributed by atoms with Gasteiger partial charge >= 0.3 is 0 Å². The largest absolute Gasteiger partial charge is 0.340 e. The monoisotopic (exact) mass is 325 g/mol. The van der Waals surface area contributed by atoms with Crippen LogP contribution in [0.5, 0.6) is 0 Å². The number of hydrogen-bond donors (Lipinski definition) is 1. The van der Waals surface area contributed by atoms with Crippen molar-refractivity contribution in [3.63, 3.8) is 0 Å². The Balaban J connectivity index is 0.00000192. The zero-order valence-corrected chi connectivity index (χ0v) is 14.3. The van der Waals surface area contributed by atoms with Crippen LogP contribution in [0.4, 0.5) is 11.5 Å². The van der Waals surface area contributed by atoms with Gasteiger partial charge in [0, 0.05) is 17.3 Å². The molecule has 0 amide bonds. The van der Waals surface area contributed by atoms with Gasteiger partial charge in [-0.3, -0.25) is 0 Å². The Morgan fingerprint density at radius 3 is 2.22 bits per heavy atom. The second-order valence-electron chi connectivity index (χ2n) is 5.49. The van der Waals surface area contributed by atoms with Crippen LogP contribution in [-0.4, -0.2) is 9.97 Å². The van der Waals surface area contributed by atoms with E-state index in [0.29, 0.717) is 0 Å². The second-order valence-corrected chi connectivity index (χ2v) is 5.49. The maximum atomic E-state index is 4.55. The van der Waals surface area contributed by atoms with E-state index in [2.05, 4.69) is 65.5 Å². The first-order valence-corrected chi connectivity index (χ1v) is 7.37. The summed E-state index contributed by atoms with van der Waals surface area (Å²) in [5.41, 5.74) is 5.53. The SMILES string of the molecule is Cc1ccc(-c2cc(Nc3ccccc3C)nc(C)n2)cc1.Cl. The van der Waals surface area contributed by atoms with E-state index in [1.54, 1.807) is 0 Å². The van der Waals surface area contributed by atoms with E-state index in [1.165, 1.54) is 11.1 Å². The lowest BCUT2D eigenvalue weighted by atomic mass is 10.1. The molecule has 0 aliphatic rings. The van der Waals surface area contributed by atoms with E-state index >= 15 is 0 Å². The fourth-order valence-electron chi connectivity index (χ4n) is 2.36. The molecule has 0 fully saturated rings. The van der Waals surface area contributed by atoms with Crippen molar-refractivity contribution in [1.82, 2.24) is 9.97 Å². The topological polar surface area (TPSA) is 37.8 Å². The molecular formula is C19H20ClN3. The number of aromatic nitrogens is 2. The fourth-order valence-corrected chi connectivity index (χ4v) is 2.36. The molecule has 1 aromatic heterocycles. The van der Waals surface area contributed by atoms with Gasteiger partial charge in [0.05, 0.1) is 5.69 Å². The normalized spacial score (nSPS) is 10.0. The van der Waals surface area contributed by atoms with Crippen LogP contribution >= 0.6 is 12.4 Å². The van der Waals surface area contributed by atoms with Gasteiger partial charge in [0.1, 0.15) is 11.6 Å². The van der Waals surface area contributed by atoms with Crippen molar-refractivity contribution in [2.45, 2.75) is 20.8 Å². The van der Waals surface area contributed by atoms with Gasteiger partial charge in [0.25, 0.3) is 0 Å². The zero-order chi connectivity index (χ0) is 15.5. The molecule has 0 unspecified atom stereocenters. The van der Waals surface area contributed by atoms with Gasteiger partial charge in [0.15, 0.2) is 0 Å². The third-order valence-electron chi connectivity index (χ3n) is 3.59. The van der Waals surface area contributed by atoms with Crippen LogP contribution in [0.25, 0.3) is 11.3 Å². The molecule has 1 heterocycles. The molecule has 3 nitrogen and oxygen atoms in total. The number of nitrogens with zero attached hydrogens (tertiary/aromatic N) is 2. The summed E-state index contributed by atoms with van der Waals surface area (Å²) in [6, 6.07) is 18.6. The van der Waals surface area contributed by atoms with Crippen molar-refractivity contribution in [2.24, 2.45) is 0 Å². The Kier molecular flexibility index (Phi) is 5.35. The molecule has 1 N–H and O–H groups in total. The first-order valence-electron chi connectivity index (χ1n) is 7.37. The van der Waals surface area contributed by atoms with E-state index in [0.717, 1.165) is 28.6 Å². The van der Waals surface area contributed by atoms with Crippen LogP contribution in [0.15, 0.2) is 54.6 Å². The summed E-state index contributed by atoms with van der Waals surface area (Å²) in [4.78, 5) is 9.04. The van der Waals surface area contributed by atoms with Gasteiger partial charge in [0.2, 0.25) is 0 Å². The van der Waals surface area contributed by atoms with E-state index in [4.69, 9.17) is 0 Å². The highest BCUT2D eigenvalue weighted by Gasteiger charge is 2.06. The number of hydrogen-bond acceptors (Lipinski definition) is 3. The minimum Gasteiger partial charge on any atom is -0.340 e. The maximum Gasteiger partial charge on any atom is 0.134 e. The lowest BCUT2D eigenvalue weighted by Crippen LogP contribution is -2.00. The summed E-state index contributed by atoms with van der Waals surface area (Å²) in [7, 11) is 0. The zero-order valence-electron chi connectivity index (χ0n) is 13.5. The molecular weight excluding hydrogens is 306 g/mol. The number of aryl methyl sites for hydroxylation is 3. The molecule has 0 aliphatic heterocycles. The van der Waals surface area contributed by atoms with Crippen LogP contribution < -0.4 is 5.32 Å². The van der Waals surface area contributed by atoms with Gasteiger partial charge < -0.3 is 5.32 Å². The number of benzene rings is 2. The molecule has 0 atom stereocenters. The lowest BCUT2D eigenvalue weighted by Gasteiger charge is -2.11. The molecule has 23 heavy (non-hydrogen) atoms. The Hall–Kier alpha value is -2.39.